The van der Waals surface area contributed by atoms with Crippen molar-refractivity contribution in [1.29, 1.82) is 0 Å². The topological polar surface area (TPSA) is 61.0 Å². The predicted octanol–water partition coefficient (Wildman–Crippen LogP) is 2.04. The van der Waals surface area contributed by atoms with Crippen LogP contribution in [0.5, 0.6) is 5.88 Å². The first-order chi connectivity index (χ1) is 8.15. The van der Waals surface area contributed by atoms with Crippen LogP contribution >= 0.6 is 11.3 Å². The van der Waals surface area contributed by atoms with Crippen LogP contribution in [0, 0.1) is 12.7 Å². The Kier molecular flexibility index (Phi) is 3.35. The van der Waals surface area contributed by atoms with Gasteiger partial charge in [-0.15, -0.1) is 11.3 Å². The van der Waals surface area contributed by atoms with Crippen molar-refractivity contribution in [3.63, 3.8) is 0 Å². The van der Waals surface area contributed by atoms with Gasteiger partial charge in [-0.3, -0.25) is 0 Å². The standard InChI is InChI=1S/C11H12FN3OS/c1-6-10(17-5-15-6)9(13)7-3-4-14-11(16-2)8(7)12/h3-5,9H,13H2,1-2H3. The largest absolute Gasteiger partial charge is 0.479 e. The lowest BCUT2D eigenvalue weighted by molar-refractivity contribution is 0.366. The third kappa shape index (κ3) is 2.13. The van der Waals surface area contributed by atoms with Gasteiger partial charge in [-0.1, -0.05) is 0 Å². The molecule has 0 aromatic carbocycles. The Hall–Kier alpha value is -1.53. The molecule has 0 fully saturated rings. The molecule has 2 heterocycles. The van der Waals surface area contributed by atoms with Crippen molar-refractivity contribution in [2.45, 2.75) is 13.0 Å². The van der Waals surface area contributed by atoms with Crippen LogP contribution < -0.4 is 10.5 Å². The van der Waals surface area contributed by atoms with E-state index in [0.717, 1.165) is 10.6 Å². The third-order valence-electron chi connectivity index (χ3n) is 2.48. The SMILES string of the molecule is COc1nccc(C(N)c2scnc2C)c1F. The lowest BCUT2D eigenvalue weighted by Gasteiger charge is -2.13. The number of aryl methyl sites for hydroxylation is 1. The van der Waals surface area contributed by atoms with E-state index in [1.165, 1.54) is 24.6 Å². The summed E-state index contributed by atoms with van der Waals surface area (Å²) in [6.07, 6.45) is 1.48. The molecule has 2 N–H and O–H groups in total. The molecule has 2 rings (SSSR count). The van der Waals surface area contributed by atoms with E-state index < -0.39 is 11.9 Å². The van der Waals surface area contributed by atoms with Crippen molar-refractivity contribution < 1.29 is 9.13 Å². The number of nitrogens with zero attached hydrogens (tertiary/aromatic N) is 2. The maximum Gasteiger partial charge on any atom is 0.250 e. The first kappa shape index (κ1) is 11.9. The lowest BCUT2D eigenvalue weighted by atomic mass is 10.1. The summed E-state index contributed by atoms with van der Waals surface area (Å²) in [6, 6.07) is 1.01. The zero-order valence-corrected chi connectivity index (χ0v) is 10.3. The zero-order chi connectivity index (χ0) is 12.4. The fraction of sp³-hybridized carbons (Fsp3) is 0.273. The van der Waals surface area contributed by atoms with Gasteiger partial charge < -0.3 is 10.5 Å². The maximum absolute atomic E-state index is 14.0. The minimum atomic E-state index is -0.542. The smallest absolute Gasteiger partial charge is 0.250 e. The van der Waals surface area contributed by atoms with Gasteiger partial charge in [0.05, 0.1) is 24.4 Å². The molecule has 17 heavy (non-hydrogen) atoms. The molecule has 4 nitrogen and oxygen atoms in total. The Morgan fingerprint density at radius 2 is 2.24 bits per heavy atom. The van der Waals surface area contributed by atoms with Crippen LogP contribution in [0.1, 0.15) is 22.2 Å². The number of hydrogen-bond donors (Lipinski definition) is 1. The van der Waals surface area contributed by atoms with Gasteiger partial charge in [-0.2, -0.15) is 0 Å². The minimum absolute atomic E-state index is 0.0416. The van der Waals surface area contributed by atoms with Gasteiger partial charge in [-0.25, -0.2) is 14.4 Å². The predicted molar refractivity (Wildman–Crippen MR) is 63.6 cm³/mol. The normalized spacial score (nSPS) is 12.5. The molecular formula is C11H12FN3OS. The highest BCUT2D eigenvalue weighted by atomic mass is 32.1. The maximum atomic E-state index is 14.0. The summed E-state index contributed by atoms with van der Waals surface area (Å²) in [5.74, 6) is -0.560. The second-order valence-corrected chi connectivity index (χ2v) is 4.39. The molecule has 0 aliphatic carbocycles. The van der Waals surface area contributed by atoms with Gasteiger partial charge in [0.15, 0.2) is 5.82 Å². The van der Waals surface area contributed by atoms with Gasteiger partial charge >= 0.3 is 0 Å². The second-order valence-electron chi connectivity index (χ2n) is 3.50. The van der Waals surface area contributed by atoms with Crippen LogP contribution in [0.25, 0.3) is 0 Å². The highest BCUT2D eigenvalue weighted by Gasteiger charge is 2.20. The Balaban J connectivity index is 2.44. The molecule has 1 unspecified atom stereocenters. The van der Waals surface area contributed by atoms with Crippen molar-refractivity contribution in [3.8, 4) is 5.88 Å². The molecule has 1 atom stereocenters. The minimum Gasteiger partial charge on any atom is -0.479 e. The van der Waals surface area contributed by atoms with Crippen LogP contribution in [-0.4, -0.2) is 17.1 Å². The fourth-order valence-corrected chi connectivity index (χ4v) is 2.39. The summed E-state index contributed by atoms with van der Waals surface area (Å²) in [5, 5.41) is 0. The number of halogens is 1. The first-order valence-electron chi connectivity index (χ1n) is 4.99. The summed E-state index contributed by atoms with van der Waals surface area (Å²) < 4.78 is 18.8. The Morgan fingerprint density at radius 3 is 2.82 bits per heavy atom. The highest BCUT2D eigenvalue weighted by molar-refractivity contribution is 7.09. The molecule has 0 bridgehead atoms. The fourth-order valence-electron chi connectivity index (χ4n) is 1.57. The molecule has 2 aromatic rings. The van der Waals surface area contributed by atoms with Gasteiger partial charge in [0, 0.05) is 16.6 Å². The van der Waals surface area contributed by atoms with E-state index >= 15 is 0 Å². The summed E-state index contributed by atoms with van der Waals surface area (Å²) >= 11 is 1.41. The number of nitrogens with two attached hydrogens (primary N) is 1. The van der Waals surface area contributed by atoms with E-state index in [2.05, 4.69) is 9.97 Å². The summed E-state index contributed by atoms with van der Waals surface area (Å²) in [5.41, 5.74) is 8.91. The van der Waals surface area contributed by atoms with Crippen molar-refractivity contribution in [2.75, 3.05) is 7.11 Å². The van der Waals surface area contributed by atoms with Crippen LogP contribution in [0.4, 0.5) is 4.39 Å². The van der Waals surface area contributed by atoms with Crippen molar-refractivity contribution >= 4 is 11.3 Å². The van der Waals surface area contributed by atoms with Crippen LogP contribution in [-0.2, 0) is 0 Å². The van der Waals surface area contributed by atoms with Gasteiger partial charge in [0.2, 0.25) is 5.88 Å². The molecule has 0 spiro atoms. The molecule has 0 amide bonds. The van der Waals surface area contributed by atoms with Gasteiger partial charge in [-0.05, 0) is 13.0 Å². The summed E-state index contributed by atoms with van der Waals surface area (Å²) in [6.45, 7) is 1.85. The van der Waals surface area contributed by atoms with E-state index in [0.29, 0.717) is 5.56 Å². The Labute approximate surface area is 102 Å². The van der Waals surface area contributed by atoms with Gasteiger partial charge in [0.1, 0.15) is 0 Å². The number of pyridine rings is 1. The number of rotatable bonds is 3. The van der Waals surface area contributed by atoms with E-state index in [1.807, 2.05) is 6.92 Å². The zero-order valence-electron chi connectivity index (χ0n) is 9.48. The molecule has 0 radical (unpaired) electrons. The molecule has 6 heteroatoms. The quantitative estimate of drug-likeness (QED) is 0.909. The summed E-state index contributed by atoms with van der Waals surface area (Å²) in [7, 11) is 1.37. The van der Waals surface area contributed by atoms with Crippen molar-refractivity contribution in [1.82, 2.24) is 9.97 Å². The third-order valence-corrected chi connectivity index (χ3v) is 3.49. The van der Waals surface area contributed by atoms with Gasteiger partial charge in [0.25, 0.3) is 0 Å². The average Bonchev–Trinajstić information content (AvgIpc) is 2.75. The number of ether oxygens (including phenoxy) is 1. The molecule has 90 valence electrons. The van der Waals surface area contributed by atoms with Crippen molar-refractivity contribution in [2.24, 2.45) is 5.73 Å². The lowest BCUT2D eigenvalue weighted by Crippen LogP contribution is -2.14. The first-order valence-corrected chi connectivity index (χ1v) is 5.87. The van der Waals surface area contributed by atoms with Crippen LogP contribution in [0.15, 0.2) is 17.8 Å². The number of hydrogen-bond acceptors (Lipinski definition) is 5. The molecule has 0 saturated carbocycles. The number of methoxy groups -OCH3 is 1. The van der Waals surface area contributed by atoms with E-state index in [1.54, 1.807) is 11.6 Å². The molecule has 0 saturated heterocycles. The van der Waals surface area contributed by atoms with Crippen LogP contribution in [0.2, 0.25) is 0 Å². The van der Waals surface area contributed by atoms with E-state index in [-0.39, 0.29) is 5.88 Å². The number of aromatic nitrogens is 2. The monoisotopic (exact) mass is 253 g/mol. The Bertz CT molecular complexity index is 529. The van der Waals surface area contributed by atoms with E-state index in [9.17, 15) is 4.39 Å². The number of thiazole rings is 1. The van der Waals surface area contributed by atoms with Crippen LogP contribution in [0.3, 0.4) is 0 Å². The molecule has 0 aliphatic heterocycles. The van der Waals surface area contributed by atoms with Crippen molar-refractivity contribution in [3.05, 3.63) is 39.7 Å². The second kappa shape index (κ2) is 4.77. The summed E-state index contributed by atoms with van der Waals surface area (Å²) in [4.78, 5) is 8.73. The highest BCUT2D eigenvalue weighted by Crippen LogP contribution is 2.29. The molecule has 2 aromatic heterocycles. The van der Waals surface area contributed by atoms with E-state index in [4.69, 9.17) is 10.5 Å². The molecule has 0 aliphatic rings. The Morgan fingerprint density at radius 1 is 1.47 bits per heavy atom. The molecular weight excluding hydrogens is 241 g/mol. The average molecular weight is 253 g/mol.